The second-order valence-corrected chi connectivity index (χ2v) is 6.30. The number of benzene rings is 1. The first-order valence-electron chi connectivity index (χ1n) is 8.18. The zero-order chi connectivity index (χ0) is 17.1. The molecule has 3 rings (SSSR count). The van der Waals surface area contributed by atoms with Gasteiger partial charge in [0.05, 0.1) is 6.42 Å². The molecule has 1 aromatic carbocycles. The zero-order valence-electron chi connectivity index (χ0n) is 14.0. The Hall–Kier alpha value is -2.57. The highest BCUT2D eigenvalue weighted by atomic mass is 16.3. The van der Waals surface area contributed by atoms with Crippen molar-refractivity contribution >= 4 is 23.0 Å². The molecule has 1 N–H and O–H groups in total. The smallest absolute Gasteiger partial charge is 0.317 e. The van der Waals surface area contributed by atoms with E-state index in [1.54, 1.807) is 4.90 Å². The molecule has 0 radical (unpaired) electrons. The van der Waals surface area contributed by atoms with E-state index in [1.165, 1.54) is 6.39 Å². The second-order valence-electron chi connectivity index (χ2n) is 6.30. The number of aromatic nitrogens is 1. The van der Waals surface area contributed by atoms with Gasteiger partial charge in [0.2, 0.25) is 5.91 Å². The summed E-state index contributed by atoms with van der Waals surface area (Å²) in [7, 11) is 0. The van der Waals surface area contributed by atoms with Crippen LogP contribution in [0.5, 0.6) is 0 Å². The molecule has 2 aromatic rings. The van der Waals surface area contributed by atoms with Crippen LogP contribution in [-0.2, 0) is 11.2 Å². The fraction of sp³-hybridized carbons (Fsp3) is 0.471. The van der Waals surface area contributed by atoms with Gasteiger partial charge < -0.3 is 19.5 Å². The number of fused-ring (bicyclic) bond motifs is 1. The lowest BCUT2D eigenvalue weighted by atomic mass is 10.1. The van der Waals surface area contributed by atoms with Crippen molar-refractivity contribution in [2.45, 2.75) is 26.3 Å². The van der Waals surface area contributed by atoms with Crippen molar-refractivity contribution in [3.63, 3.8) is 0 Å². The lowest BCUT2D eigenvalue weighted by Crippen LogP contribution is -2.54. The molecule has 7 heteroatoms. The van der Waals surface area contributed by atoms with Gasteiger partial charge in [-0.3, -0.25) is 4.79 Å². The van der Waals surface area contributed by atoms with E-state index in [0.717, 1.165) is 11.1 Å². The van der Waals surface area contributed by atoms with Gasteiger partial charge in [-0.25, -0.2) is 9.78 Å². The molecule has 7 nitrogen and oxygen atoms in total. The lowest BCUT2D eigenvalue weighted by molar-refractivity contribution is -0.131. The standard InChI is InChI=1S/C17H22N4O3/c1-12(2)19-17(23)21-7-5-20(6-8-21)16(22)10-13-3-4-14-15(9-13)24-11-18-14/h3-4,9,11-12H,5-8,10H2,1-2H3,(H,19,23). The van der Waals surface area contributed by atoms with Crippen molar-refractivity contribution in [1.82, 2.24) is 20.1 Å². The van der Waals surface area contributed by atoms with Crippen LogP contribution in [0.15, 0.2) is 29.0 Å². The van der Waals surface area contributed by atoms with E-state index in [-0.39, 0.29) is 18.0 Å². The molecular formula is C17H22N4O3. The minimum absolute atomic E-state index is 0.0622. The number of piperazine rings is 1. The van der Waals surface area contributed by atoms with Crippen molar-refractivity contribution in [1.29, 1.82) is 0 Å². The maximum Gasteiger partial charge on any atom is 0.317 e. The number of hydrogen-bond acceptors (Lipinski definition) is 4. The monoisotopic (exact) mass is 330 g/mol. The van der Waals surface area contributed by atoms with Crippen LogP contribution in [0.2, 0.25) is 0 Å². The number of amides is 3. The molecule has 1 aromatic heterocycles. The first-order chi connectivity index (χ1) is 11.5. The Morgan fingerprint density at radius 3 is 2.62 bits per heavy atom. The van der Waals surface area contributed by atoms with Gasteiger partial charge in [-0.2, -0.15) is 0 Å². The largest absolute Gasteiger partial charge is 0.443 e. The van der Waals surface area contributed by atoms with E-state index in [0.29, 0.717) is 38.2 Å². The third-order valence-corrected chi connectivity index (χ3v) is 4.08. The van der Waals surface area contributed by atoms with Gasteiger partial charge in [-0.1, -0.05) is 6.07 Å². The van der Waals surface area contributed by atoms with Gasteiger partial charge in [-0.05, 0) is 31.5 Å². The molecule has 1 saturated heterocycles. The van der Waals surface area contributed by atoms with Gasteiger partial charge in [0.1, 0.15) is 5.52 Å². The summed E-state index contributed by atoms with van der Waals surface area (Å²) < 4.78 is 5.27. The van der Waals surface area contributed by atoms with Crippen LogP contribution in [0.1, 0.15) is 19.4 Å². The number of rotatable bonds is 3. The first kappa shape index (κ1) is 16.3. The quantitative estimate of drug-likeness (QED) is 0.928. The van der Waals surface area contributed by atoms with Crippen LogP contribution < -0.4 is 5.32 Å². The predicted octanol–water partition coefficient (Wildman–Crippen LogP) is 1.63. The maximum atomic E-state index is 12.5. The van der Waals surface area contributed by atoms with E-state index in [9.17, 15) is 9.59 Å². The number of nitrogens with one attached hydrogen (secondary N) is 1. The summed E-state index contributed by atoms with van der Waals surface area (Å²) in [6.45, 7) is 6.12. The van der Waals surface area contributed by atoms with Crippen molar-refractivity contribution < 1.29 is 14.0 Å². The van der Waals surface area contributed by atoms with Gasteiger partial charge in [0, 0.05) is 32.2 Å². The third kappa shape index (κ3) is 3.67. The molecule has 0 unspecified atom stereocenters. The Morgan fingerprint density at radius 1 is 1.21 bits per heavy atom. The molecule has 0 bridgehead atoms. The minimum Gasteiger partial charge on any atom is -0.443 e. The predicted molar refractivity (Wildman–Crippen MR) is 89.5 cm³/mol. The maximum absolute atomic E-state index is 12.5. The van der Waals surface area contributed by atoms with Crippen LogP contribution in [-0.4, -0.2) is 58.9 Å². The first-order valence-corrected chi connectivity index (χ1v) is 8.18. The number of nitrogens with zero attached hydrogens (tertiary/aromatic N) is 3. The summed E-state index contributed by atoms with van der Waals surface area (Å²) in [5, 5.41) is 2.88. The molecule has 1 aliphatic heterocycles. The fourth-order valence-corrected chi connectivity index (χ4v) is 2.79. The third-order valence-electron chi connectivity index (χ3n) is 4.08. The molecule has 0 spiro atoms. The summed E-state index contributed by atoms with van der Waals surface area (Å²) in [6, 6.07) is 5.66. The normalized spacial score (nSPS) is 15.1. The Labute approximate surface area is 140 Å². The molecule has 0 aliphatic carbocycles. The Balaban J connectivity index is 1.54. The highest BCUT2D eigenvalue weighted by Gasteiger charge is 2.24. The van der Waals surface area contributed by atoms with Crippen molar-refractivity contribution in [3.8, 4) is 0 Å². The fourth-order valence-electron chi connectivity index (χ4n) is 2.79. The lowest BCUT2D eigenvalue weighted by Gasteiger charge is -2.35. The summed E-state index contributed by atoms with van der Waals surface area (Å²) in [6.07, 6.45) is 1.73. The summed E-state index contributed by atoms with van der Waals surface area (Å²) >= 11 is 0. The second kappa shape index (κ2) is 6.90. The van der Waals surface area contributed by atoms with Gasteiger partial charge >= 0.3 is 6.03 Å². The number of carbonyl (C=O) groups is 2. The van der Waals surface area contributed by atoms with E-state index in [2.05, 4.69) is 10.3 Å². The number of oxazole rings is 1. The summed E-state index contributed by atoms with van der Waals surface area (Å²) in [5.74, 6) is 0.0674. The van der Waals surface area contributed by atoms with Gasteiger partial charge in [-0.15, -0.1) is 0 Å². The average Bonchev–Trinajstić information content (AvgIpc) is 3.02. The van der Waals surface area contributed by atoms with Gasteiger partial charge in [0.25, 0.3) is 0 Å². The molecule has 0 atom stereocenters. The Morgan fingerprint density at radius 2 is 1.92 bits per heavy atom. The zero-order valence-corrected chi connectivity index (χ0v) is 14.0. The van der Waals surface area contributed by atoms with E-state index in [4.69, 9.17) is 4.42 Å². The molecule has 3 amide bonds. The molecule has 24 heavy (non-hydrogen) atoms. The van der Waals surface area contributed by atoms with Gasteiger partial charge in [0.15, 0.2) is 12.0 Å². The molecule has 128 valence electrons. The van der Waals surface area contributed by atoms with Crippen molar-refractivity contribution in [3.05, 3.63) is 30.2 Å². The van der Waals surface area contributed by atoms with Crippen LogP contribution >= 0.6 is 0 Å². The molecular weight excluding hydrogens is 308 g/mol. The average molecular weight is 330 g/mol. The number of hydrogen-bond donors (Lipinski definition) is 1. The molecule has 2 heterocycles. The number of urea groups is 1. The highest BCUT2D eigenvalue weighted by molar-refractivity contribution is 5.81. The van der Waals surface area contributed by atoms with E-state index < -0.39 is 0 Å². The van der Waals surface area contributed by atoms with E-state index in [1.807, 2.05) is 36.9 Å². The van der Waals surface area contributed by atoms with Crippen LogP contribution in [0.25, 0.3) is 11.1 Å². The molecule has 0 saturated carbocycles. The summed E-state index contributed by atoms with van der Waals surface area (Å²) in [4.78, 5) is 32.1. The highest BCUT2D eigenvalue weighted by Crippen LogP contribution is 2.15. The SMILES string of the molecule is CC(C)NC(=O)N1CCN(C(=O)Cc2ccc3ncoc3c2)CC1. The van der Waals surface area contributed by atoms with Crippen molar-refractivity contribution in [2.75, 3.05) is 26.2 Å². The Bertz CT molecular complexity index is 732. The van der Waals surface area contributed by atoms with E-state index >= 15 is 0 Å². The van der Waals surface area contributed by atoms with Crippen LogP contribution in [0.3, 0.4) is 0 Å². The van der Waals surface area contributed by atoms with Crippen molar-refractivity contribution in [2.24, 2.45) is 0 Å². The van der Waals surface area contributed by atoms with Crippen LogP contribution in [0, 0.1) is 0 Å². The Kier molecular flexibility index (Phi) is 4.69. The topological polar surface area (TPSA) is 78.7 Å². The summed E-state index contributed by atoms with van der Waals surface area (Å²) in [5.41, 5.74) is 2.38. The van der Waals surface area contributed by atoms with Crippen LogP contribution in [0.4, 0.5) is 4.79 Å². The molecule has 1 fully saturated rings. The molecule has 1 aliphatic rings. The minimum atomic E-state index is -0.0622. The number of carbonyl (C=O) groups excluding carboxylic acids is 2.